The number of aryl methyl sites for hydroxylation is 1. The van der Waals surface area contributed by atoms with E-state index in [4.69, 9.17) is 4.74 Å². The fourth-order valence-corrected chi connectivity index (χ4v) is 5.64. The van der Waals surface area contributed by atoms with Gasteiger partial charge in [-0.1, -0.05) is 12.1 Å². The Hall–Kier alpha value is -1.63. The van der Waals surface area contributed by atoms with Crippen LogP contribution in [0.3, 0.4) is 0 Å². The van der Waals surface area contributed by atoms with Crippen LogP contribution in [0.5, 0.6) is 0 Å². The molecule has 1 atom stereocenters. The van der Waals surface area contributed by atoms with Gasteiger partial charge >= 0.3 is 0 Å². The van der Waals surface area contributed by atoms with E-state index in [2.05, 4.69) is 41.0 Å². The number of aliphatic hydroxyl groups is 1. The second kappa shape index (κ2) is 9.08. The molecule has 6 heteroatoms. The zero-order valence-electron chi connectivity index (χ0n) is 19.5. The Morgan fingerprint density at radius 2 is 1.90 bits per heavy atom. The summed E-state index contributed by atoms with van der Waals surface area (Å²) in [6.45, 7) is 8.99. The van der Waals surface area contributed by atoms with Crippen molar-refractivity contribution < 1.29 is 14.6 Å². The van der Waals surface area contributed by atoms with E-state index in [0.29, 0.717) is 0 Å². The first-order valence-electron chi connectivity index (χ1n) is 11.9. The van der Waals surface area contributed by atoms with Crippen molar-refractivity contribution in [2.45, 2.75) is 69.6 Å². The van der Waals surface area contributed by atoms with Gasteiger partial charge in [0.2, 0.25) is 5.91 Å². The van der Waals surface area contributed by atoms with Crippen molar-refractivity contribution in [2.24, 2.45) is 0 Å². The summed E-state index contributed by atoms with van der Waals surface area (Å²) in [7, 11) is 1.92. The molecule has 172 valence electrons. The smallest absolute Gasteiger partial charge is 0.219 e. The molecule has 3 saturated heterocycles. The minimum Gasteiger partial charge on any atom is -0.388 e. The highest BCUT2D eigenvalue weighted by Gasteiger charge is 2.43. The predicted octanol–water partition coefficient (Wildman–Crippen LogP) is 2.82. The normalized spacial score (nSPS) is 26.1. The average Bonchev–Trinajstić information content (AvgIpc) is 2.75. The number of carbonyl (C=O) groups excluding carboxylic acids is 1. The van der Waals surface area contributed by atoms with Gasteiger partial charge in [-0.3, -0.25) is 4.79 Å². The van der Waals surface area contributed by atoms with E-state index in [-0.39, 0.29) is 17.6 Å². The average molecular weight is 430 g/mol. The lowest BCUT2D eigenvalue weighted by Crippen LogP contribution is -2.57. The number of likely N-dealkylation sites (tertiary alicyclic amines) is 1. The van der Waals surface area contributed by atoms with Crippen LogP contribution in [0.4, 0.5) is 5.69 Å². The Bertz CT molecular complexity index is 767. The quantitative estimate of drug-likeness (QED) is 0.798. The first kappa shape index (κ1) is 22.6. The predicted molar refractivity (Wildman–Crippen MR) is 123 cm³/mol. The third-order valence-corrected chi connectivity index (χ3v) is 7.86. The summed E-state index contributed by atoms with van der Waals surface area (Å²) >= 11 is 0. The van der Waals surface area contributed by atoms with Gasteiger partial charge in [0.15, 0.2) is 0 Å². The first-order valence-corrected chi connectivity index (χ1v) is 11.9. The molecule has 3 heterocycles. The lowest BCUT2D eigenvalue weighted by atomic mass is 9.81. The molecule has 0 saturated carbocycles. The van der Waals surface area contributed by atoms with Gasteiger partial charge < -0.3 is 24.5 Å². The van der Waals surface area contributed by atoms with Crippen molar-refractivity contribution >= 4 is 11.6 Å². The summed E-state index contributed by atoms with van der Waals surface area (Å²) in [6, 6.07) is 8.93. The van der Waals surface area contributed by atoms with Crippen LogP contribution in [-0.4, -0.2) is 84.4 Å². The molecule has 1 spiro atoms. The molecule has 0 aliphatic carbocycles. The molecule has 0 radical (unpaired) electrons. The Balaban J connectivity index is 1.27. The standard InChI is InChI=1S/C25H39N3O3/c1-20-5-4-6-22(17-20)28-14-8-24(30,9-15-28)19-27-12-10-25(11-13-27)18-23(7-16-31-25)26(3)21(2)29/h4-6,17,23,30H,7-16,18-19H2,1-3H3/t23-/m1/s1. The van der Waals surface area contributed by atoms with Crippen LogP contribution in [-0.2, 0) is 9.53 Å². The maximum atomic E-state index is 11.8. The summed E-state index contributed by atoms with van der Waals surface area (Å²) in [5, 5.41) is 11.3. The van der Waals surface area contributed by atoms with Crippen LogP contribution in [0.15, 0.2) is 24.3 Å². The summed E-state index contributed by atoms with van der Waals surface area (Å²) < 4.78 is 6.27. The SMILES string of the molecule is CC(=O)N(C)[C@@H]1CCOC2(CCN(CC3(O)CCN(c4cccc(C)c4)CC3)CC2)C1. The Labute approximate surface area is 187 Å². The van der Waals surface area contributed by atoms with Gasteiger partial charge in [-0.25, -0.2) is 0 Å². The number of hydrogen-bond donors (Lipinski definition) is 1. The van der Waals surface area contributed by atoms with Gasteiger partial charge in [0.25, 0.3) is 0 Å². The molecule has 31 heavy (non-hydrogen) atoms. The van der Waals surface area contributed by atoms with E-state index >= 15 is 0 Å². The van der Waals surface area contributed by atoms with Crippen LogP contribution in [0.2, 0.25) is 0 Å². The van der Waals surface area contributed by atoms with E-state index < -0.39 is 5.60 Å². The molecule has 4 rings (SSSR count). The first-order chi connectivity index (χ1) is 14.8. The second-order valence-electron chi connectivity index (χ2n) is 10.1. The van der Waals surface area contributed by atoms with Crippen molar-refractivity contribution in [1.29, 1.82) is 0 Å². The summed E-state index contributed by atoms with van der Waals surface area (Å²) in [6.07, 6.45) is 5.46. The fraction of sp³-hybridized carbons (Fsp3) is 0.720. The monoisotopic (exact) mass is 429 g/mol. The Kier molecular flexibility index (Phi) is 6.61. The van der Waals surface area contributed by atoms with Gasteiger partial charge in [0.05, 0.1) is 11.2 Å². The number of rotatable bonds is 4. The number of β-amino-alcohol motifs (C(OH)–C–C–N with tert-alkyl or cyclic N) is 1. The van der Waals surface area contributed by atoms with Crippen LogP contribution >= 0.6 is 0 Å². The van der Waals surface area contributed by atoms with Gasteiger partial charge in [-0.05, 0) is 63.1 Å². The maximum absolute atomic E-state index is 11.8. The summed E-state index contributed by atoms with van der Waals surface area (Å²) in [5.74, 6) is 0.138. The lowest BCUT2D eigenvalue weighted by molar-refractivity contribution is -0.149. The molecule has 3 fully saturated rings. The van der Waals surface area contributed by atoms with Gasteiger partial charge in [0.1, 0.15) is 0 Å². The number of hydrogen-bond acceptors (Lipinski definition) is 5. The number of carbonyl (C=O) groups is 1. The minimum absolute atomic E-state index is 0.0969. The number of piperidine rings is 2. The van der Waals surface area contributed by atoms with Crippen molar-refractivity contribution in [3.05, 3.63) is 29.8 Å². The molecule has 1 amide bonds. The zero-order valence-corrected chi connectivity index (χ0v) is 19.5. The highest BCUT2D eigenvalue weighted by molar-refractivity contribution is 5.73. The van der Waals surface area contributed by atoms with Crippen LogP contribution in [0.25, 0.3) is 0 Å². The van der Waals surface area contributed by atoms with E-state index in [9.17, 15) is 9.90 Å². The van der Waals surface area contributed by atoms with Gasteiger partial charge in [-0.2, -0.15) is 0 Å². The van der Waals surface area contributed by atoms with E-state index in [0.717, 1.165) is 77.9 Å². The van der Waals surface area contributed by atoms with E-state index in [1.54, 1.807) is 6.92 Å². The van der Waals surface area contributed by atoms with Crippen molar-refractivity contribution in [2.75, 3.05) is 51.3 Å². The van der Waals surface area contributed by atoms with Crippen LogP contribution < -0.4 is 4.90 Å². The minimum atomic E-state index is -0.602. The Morgan fingerprint density at radius 3 is 2.55 bits per heavy atom. The highest BCUT2D eigenvalue weighted by Crippen LogP contribution is 2.37. The molecule has 3 aliphatic rings. The summed E-state index contributed by atoms with van der Waals surface area (Å²) in [5.41, 5.74) is 1.85. The molecular formula is C25H39N3O3. The second-order valence-corrected chi connectivity index (χ2v) is 10.1. The van der Waals surface area contributed by atoms with Crippen LogP contribution in [0.1, 0.15) is 51.0 Å². The molecule has 0 bridgehead atoms. The number of anilines is 1. The van der Waals surface area contributed by atoms with Crippen molar-refractivity contribution in [3.8, 4) is 0 Å². The zero-order chi connectivity index (χ0) is 22.1. The largest absolute Gasteiger partial charge is 0.388 e. The number of amides is 1. The van der Waals surface area contributed by atoms with Gasteiger partial charge in [-0.15, -0.1) is 0 Å². The van der Waals surface area contributed by atoms with E-state index in [1.165, 1.54) is 11.3 Å². The molecule has 1 aromatic carbocycles. The number of nitrogens with zero attached hydrogens (tertiary/aromatic N) is 3. The highest BCUT2D eigenvalue weighted by atomic mass is 16.5. The summed E-state index contributed by atoms with van der Waals surface area (Å²) in [4.78, 5) is 18.5. The fourth-order valence-electron chi connectivity index (χ4n) is 5.64. The molecule has 1 N–H and O–H groups in total. The van der Waals surface area contributed by atoms with Crippen LogP contribution in [0, 0.1) is 6.92 Å². The van der Waals surface area contributed by atoms with Crippen molar-refractivity contribution in [1.82, 2.24) is 9.80 Å². The maximum Gasteiger partial charge on any atom is 0.219 e. The van der Waals surface area contributed by atoms with Gasteiger partial charge in [0, 0.05) is 65.0 Å². The number of ether oxygens (including phenoxy) is 1. The third kappa shape index (κ3) is 5.24. The molecule has 6 nitrogen and oxygen atoms in total. The molecule has 0 aromatic heterocycles. The lowest BCUT2D eigenvalue weighted by Gasteiger charge is -2.49. The van der Waals surface area contributed by atoms with Crippen molar-refractivity contribution in [3.63, 3.8) is 0 Å². The topological polar surface area (TPSA) is 56.3 Å². The third-order valence-electron chi connectivity index (χ3n) is 7.86. The van der Waals surface area contributed by atoms with E-state index in [1.807, 2.05) is 11.9 Å². The number of benzene rings is 1. The molecule has 0 unspecified atom stereocenters. The molecule has 3 aliphatic heterocycles. The molecule has 1 aromatic rings. The molecular weight excluding hydrogens is 390 g/mol. The Morgan fingerprint density at radius 1 is 1.19 bits per heavy atom.